The monoisotopic (exact) mass is 455 g/mol. The van der Waals surface area contributed by atoms with Crippen molar-refractivity contribution in [2.24, 2.45) is 11.8 Å². The van der Waals surface area contributed by atoms with Gasteiger partial charge in [-0.05, 0) is 42.3 Å². The number of nitrogens with zero attached hydrogens (tertiary/aromatic N) is 1. The zero-order valence-electron chi connectivity index (χ0n) is 17.2. The van der Waals surface area contributed by atoms with Crippen molar-refractivity contribution in [2.75, 3.05) is 5.32 Å². The van der Waals surface area contributed by atoms with Crippen LogP contribution in [0.4, 0.5) is 14.5 Å². The average molecular weight is 455 g/mol. The maximum atomic E-state index is 14.2. The van der Waals surface area contributed by atoms with Crippen LogP contribution in [0.15, 0.2) is 42.5 Å². The summed E-state index contributed by atoms with van der Waals surface area (Å²) >= 11 is 0. The number of nitrogens with one attached hydrogen (secondary N) is 2. The number of hydrogen-bond acceptors (Lipinski definition) is 5. The lowest BCUT2D eigenvalue weighted by molar-refractivity contribution is -0.144. The lowest BCUT2D eigenvalue weighted by Crippen LogP contribution is -2.53. The third-order valence-electron chi connectivity index (χ3n) is 6.69. The molecule has 0 aromatic heterocycles. The average Bonchev–Trinajstić information content (AvgIpc) is 3.34. The van der Waals surface area contributed by atoms with E-state index in [4.69, 9.17) is 5.11 Å². The molecule has 2 unspecified atom stereocenters. The largest absolute Gasteiger partial charge is 0.481 e. The Kier molecular flexibility index (Phi) is 4.78. The minimum absolute atomic E-state index is 0.000409. The van der Waals surface area contributed by atoms with Crippen LogP contribution in [0.5, 0.6) is 0 Å². The molecule has 0 bridgehead atoms. The number of amides is 3. The van der Waals surface area contributed by atoms with Gasteiger partial charge in [-0.2, -0.15) is 0 Å². The fourth-order valence-electron chi connectivity index (χ4n) is 5.29. The van der Waals surface area contributed by atoms with Crippen molar-refractivity contribution in [1.82, 2.24) is 10.2 Å². The Balaban J connectivity index is 1.58. The van der Waals surface area contributed by atoms with Gasteiger partial charge in [-0.1, -0.05) is 12.1 Å². The molecule has 170 valence electrons. The predicted octanol–water partition coefficient (Wildman–Crippen LogP) is 1.75. The van der Waals surface area contributed by atoms with E-state index in [1.807, 2.05) is 0 Å². The second kappa shape index (κ2) is 7.45. The lowest BCUT2D eigenvalue weighted by atomic mass is 9.76. The third-order valence-corrected chi connectivity index (χ3v) is 6.69. The van der Waals surface area contributed by atoms with E-state index in [1.165, 1.54) is 36.4 Å². The number of aliphatic carboxylic acids is 1. The Bertz CT molecular complexity index is 1200. The highest BCUT2D eigenvalue weighted by Gasteiger charge is 2.70. The lowest BCUT2D eigenvalue weighted by Gasteiger charge is -2.29. The number of carboxylic acid groups (broad SMARTS) is 1. The van der Waals surface area contributed by atoms with E-state index < -0.39 is 58.7 Å². The van der Waals surface area contributed by atoms with Gasteiger partial charge in [0.2, 0.25) is 17.7 Å². The molecule has 3 amide bonds. The summed E-state index contributed by atoms with van der Waals surface area (Å²) in [6, 6.07) is 8.25. The van der Waals surface area contributed by atoms with Gasteiger partial charge in [0.05, 0.1) is 18.4 Å². The van der Waals surface area contributed by atoms with Crippen LogP contribution in [0.2, 0.25) is 0 Å². The van der Waals surface area contributed by atoms with E-state index in [0.717, 1.165) is 11.0 Å². The fraction of sp³-hybridized carbons (Fsp3) is 0.304. The standard InChI is InChI=1S/C23H19F2N3O5/c24-12-3-1-11(2-4-12)10-28-20(31)18-16(7-8-17(29)30)27-23(19(18)21(28)32)14-9-13(25)5-6-15(14)26-22(23)33/h1-6,9,16,18-19,27H,7-8,10H2,(H,26,33)(H,29,30)/t16?,18-,19+,23?/m0/s1. The zero-order chi connectivity index (χ0) is 23.5. The predicted molar refractivity (Wildman–Crippen MR) is 109 cm³/mol. The van der Waals surface area contributed by atoms with Crippen molar-refractivity contribution in [2.45, 2.75) is 31.0 Å². The van der Waals surface area contributed by atoms with E-state index in [0.29, 0.717) is 11.3 Å². The fourth-order valence-corrected chi connectivity index (χ4v) is 5.29. The first-order valence-corrected chi connectivity index (χ1v) is 10.4. The van der Waals surface area contributed by atoms with E-state index >= 15 is 0 Å². The van der Waals surface area contributed by atoms with E-state index in [-0.39, 0.29) is 24.9 Å². The number of imide groups is 1. The van der Waals surface area contributed by atoms with E-state index in [1.54, 1.807) is 0 Å². The van der Waals surface area contributed by atoms with Crippen molar-refractivity contribution in [3.8, 4) is 0 Å². The van der Waals surface area contributed by atoms with Crippen molar-refractivity contribution in [3.05, 3.63) is 65.2 Å². The summed E-state index contributed by atoms with van der Waals surface area (Å²) in [7, 11) is 0. The highest BCUT2D eigenvalue weighted by molar-refractivity contribution is 6.15. The quantitative estimate of drug-likeness (QED) is 0.592. The van der Waals surface area contributed by atoms with Gasteiger partial charge < -0.3 is 10.4 Å². The molecule has 3 aliphatic heterocycles. The number of carbonyl (C=O) groups is 4. The van der Waals surface area contributed by atoms with Crippen LogP contribution in [-0.4, -0.2) is 39.7 Å². The van der Waals surface area contributed by atoms with Gasteiger partial charge in [-0.3, -0.25) is 29.4 Å². The number of fused-ring (bicyclic) bond motifs is 4. The molecule has 0 saturated carbocycles. The maximum Gasteiger partial charge on any atom is 0.303 e. The molecule has 8 nitrogen and oxygen atoms in total. The number of benzene rings is 2. The summed E-state index contributed by atoms with van der Waals surface area (Å²) < 4.78 is 27.4. The normalized spacial score (nSPS) is 27.8. The Morgan fingerprint density at radius 1 is 1.03 bits per heavy atom. The SMILES string of the molecule is O=C(O)CCC1NC2(C(=O)Nc3ccc(F)cc32)[C@H]2C(=O)N(Cc3ccc(F)cc3)C(=O)[C@@H]12. The van der Waals surface area contributed by atoms with Crippen molar-refractivity contribution >= 4 is 29.4 Å². The van der Waals surface area contributed by atoms with Crippen molar-refractivity contribution in [1.29, 1.82) is 0 Å². The van der Waals surface area contributed by atoms with Gasteiger partial charge in [-0.25, -0.2) is 8.78 Å². The van der Waals surface area contributed by atoms with Crippen LogP contribution < -0.4 is 10.6 Å². The zero-order valence-corrected chi connectivity index (χ0v) is 17.2. The number of hydrogen-bond donors (Lipinski definition) is 3. The highest BCUT2D eigenvalue weighted by atomic mass is 19.1. The molecule has 2 aromatic carbocycles. The Morgan fingerprint density at radius 2 is 1.73 bits per heavy atom. The molecule has 0 aliphatic carbocycles. The van der Waals surface area contributed by atoms with Crippen LogP contribution in [0, 0.1) is 23.5 Å². The number of halogens is 2. The highest BCUT2D eigenvalue weighted by Crippen LogP contribution is 2.53. The number of carbonyl (C=O) groups excluding carboxylic acids is 3. The molecule has 33 heavy (non-hydrogen) atoms. The van der Waals surface area contributed by atoms with E-state index in [2.05, 4.69) is 10.6 Å². The second-order valence-electron chi connectivity index (χ2n) is 8.53. The Hall–Kier alpha value is -3.66. The van der Waals surface area contributed by atoms with Crippen molar-refractivity contribution in [3.63, 3.8) is 0 Å². The maximum absolute atomic E-state index is 14.2. The van der Waals surface area contributed by atoms with Gasteiger partial charge in [-0.15, -0.1) is 0 Å². The van der Waals surface area contributed by atoms with Gasteiger partial charge >= 0.3 is 5.97 Å². The van der Waals surface area contributed by atoms with Crippen LogP contribution in [0.3, 0.4) is 0 Å². The number of rotatable bonds is 5. The summed E-state index contributed by atoms with van der Waals surface area (Å²) in [5, 5.41) is 14.9. The molecule has 2 saturated heterocycles. The smallest absolute Gasteiger partial charge is 0.303 e. The molecule has 5 rings (SSSR count). The van der Waals surface area contributed by atoms with E-state index in [9.17, 15) is 28.0 Å². The molecule has 3 heterocycles. The van der Waals surface area contributed by atoms with Crippen LogP contribution in [0.1, 0.15) is 24.0 Å². The second-order valence-corrected chi connectivity index (χ2v) is 8.53. The van der Waals surface area contributed by atoms with Crippen LogP contribution >= 0.6 is 0 Å². The summed E-state index contributed by atoms with van der Waals surface area (Å²) in [6.45, 7) is -0.121. The molecule has 3 N–H and O–H groups in total. The molecule has 2 aromatic rings. The first-order valence-electron chi connectivity index (χ1n) is 10.4. The summed E-state index contributed by atoms with van der Waals surface area (Å²) in [6.07, 6.45) is -0.284. The molecule has 2 fully saturated rings. The Labute approximate surface area is 186 Å². The van der Waals surface area contributed by atoms with Crippen LogP contribution in [0.25, 0.3) is 0 Å². The number of likely N-dealkylation sites (tertiary alicyclic amines) is 1. The third kappa shape index (κ3) is 3.12. The van der Waals surface area contributed by atoms with Gasteiger partial charge in [0, 0.05) is 23.7 Å². The van der Waals surface area contributed by atoms with Crippen LogP contribution in [-0.2, 0) is 31.3 Å². The first kappa shape index (κ1) is 21.2. The molecule has 4 atom stereocenters. The minimum Gasteiger partial charge on any atom is -0.481 e. The van der Waals surface area contributed by atoms with Gasteiger partial charge in [0.25, 0.3) is 0 Å². The molecule has 3 aliphatic rings. The molecule has 0 radical (unpaired) electrons. The number of anilines is 1. The number of carboxylic acids is 1. The Morgan fingerprint density at radius 3 is 2.42 bits per heavy atom. The first-order chi connectivity index (χ1) is 15.7. The van der Waals surface area contributed by atoms with Gasteiger partial charge in [0.1, 0.15) is 17.2 Å². The molecular formula is C23H19F2N3O5. The summed E-state index contributed by atoms with van der Waals surface area (Å²) in [5.74, 6) is -6.11. The molecular weight excluding hydrogens is 436 g/mol. The topological polar surface area (TPSA) is 116 Å². The summed E-state index contributed by atoms with van der Waals surface area (Å²) in [4.78, 5) is 52.4. The van der Waals surface area contributed by atoms with Crippen molar-refractivity contribution < 1.29 is 33.1 Å². The van der Waals surface area contributed by atoms with Gasteiger partial charge in [0.15, 0.2) is 0 Å². The molecule has 1 spiro atoms. The minimum atomic E-state index is -1.70. The molecule has 10 heteroatoms. The summed E-state index contributed by atoms with van der Waals surface area (Å²) in [5.41, 5.74) is -0.645.